The van der Waals surface area contributed by atoms with Crippen LogP contribution in [0.4, 0.5) is 5.82 Å². The Bertz CT molecular complexity index is 1080. The van der Waals surface area contributed by atoms with E-state index in [2.05, 4.69) is 20.0 Å². The standard InChI is InChI=1S/C20H29N6O6P/c21-17-14-18(23-8-22-17)26(9-24-14)19-16(28)15(27)13(32-19)7-31-33(29,30)25-20-4-10-1-11(5-20)3-12(2-10)6-20/h8-13,15-16,19,27-28H,1-7H2,(H2,21,22,23)(H2,25,29,30)/t10?,11?,12?,13-,15-,16-,19-,20?/m1/s1. The number of anilines is 1. The van der Waals surface area contributed by atoms with Gasteiger partial charge in [0.2, 0.25) is 0 Å². The van der Waals surface area contributed by atoms with Gasteiger partial charge in [0.15, 0.2) is 17.7 Å². The summed E-state index contributed by atoms with van der Waals surface area (Å²) in [6, 6.07) is 0. The van der Waals surface area contributed by atoms with Crippen molar-refractivity contribution in [3.8, 4) is 0 Å². The molecule has 2 aromatic heterocycles. The first kappa shape index (κ1) is 21.8. The molecular formula is C20H29N6O6P. The van der Waals surface area contributed by atoms with Gasteiger partial charge in [-0.05, 0) is 56.3 Å². The largest absolute Gasteiger partial charge is 0.403 e. The summed E-state index contributed by atoms with van der Waals surface area (Å²) in [5, 5.41) is 24.0. The monoisotopic (exact) mass is 480 g/mol. The molecule has 4 saturated carbocycles. The predicted octanol–water partition coefficient (Wildman–Crippen LogP) is 0.703. The summed E-state index contributed by atoms with van der Waals surface area (Å²) >= 11 is 0. The van der Waals surface area contributed by atoms with Gasteiger partial charge in [-0.2, -0.15) is 0 Å². The molecule has 2 aromatic rings. The Hall–Kier alpha value is -1.66. The number of hydrogen-bond acceptors (Lipinski definition) is 9. The first-order chi connectivity index (χ1) is 15.7. The second kappa shape index (κ2) is 7.67. The molecule has 1 saturated heterocycles. The van der Waals surface area contributed by atoms with Gasteiger partial charge in [0.05, 0.1) is 12.9 Å². The molecule has 3 heterocycles. The lowest BCUT2D eigenvalue weighted by Crippen LogP contribution is -2.57. The fourth-order valence-electron chi connectivity index (χ4n) is 6.91. The lowest BCUT2D eigenvalue weighted by Gasteiger charge is -2.57. The zero-order chi connectivity index (χ0) is 23.0. The molecule has 1 aliphatic heterocycles. The number of nitrogens with two attached hydrogens (primary N) is 1. The van der Waals surface area contributed by atoms with E-state index in [1.807, 2.05) is 0 Å². The van der Waals surface area contributed by atoms with E-state index in [4.69, 9.17) is 15.0 Å². The van der Waals surface area contributed by atoms with E-state index in [1.54, 1.807) is 0 Å². The molecule has 4 bridgehead atoms. The highest BCUT2D eigenvalue weighted by Crippen LogP contribution is 2.58. The topological polar surface area (TPSA) is 178 Å². The van der Waals surface area contributed by atoms with E-state index in [1.165, 1.54) is 36.5 Å². The first-order valence-corrected chi connectivity index (χ1v) is 13.0. The summed E-state index contributed by atoms with van der Waals surface area (Å²) in [6.07, 6.45) is 4.35. The lowest BCUT2D eigenvalue weighted by atomic mass is 9.53. The summed E-state index contributed by atoms with van der Waals surface area (Å²) in [5.41, 5.74) is 6.15. The van der Waals surface area contributed by atoms with E-state index in [9.17, 15) is 19.7 Å². The van der Waals surface area contributed by atoms with Crippen molar-refractivity contribution in [3.05, 3.63) is 12.7 Å². The molecule has 0 spiro atoms. The molecule has 6 N–H and O–H groups in total. The third-order valence-corrected chi connectivity index (χ3v) is 9.08. The molecule has 1 unspecified atom stereocenters. The molecule has 5 atom stereocenters. The van der Waals surface area contributed by atoms with Crippen molar-refractivity contribution in [1.29, 1.82) is 0 Å². The maximum absolute atomic E-state index is 12.9. The minimum Gasteiger partial charge on any atom is -0.387 e. The van der Waals surface area contributed by atoms with E-state index in [0.717, 1.165) is 19.3 Å². The Balaban J connectivity index is 1.13. The van der Waals surface area contributed by atoms with Crippen LogP contribution < -0.4 is 10.8 Å². The van der Waals surface area contributed by atoms with Crippen LogP contribution in [0.5, 0.6) is 0 Å². The maximum Gasteiger partial charge on any atom is 0.403 e. The Morgan fingerprint density at radius 1 is 1.15 bits per heavy atom. The Morgan fingerprint density at radius 2 is 1.82 bits per heavy atom. The van der Waals surface area contributed by atoms with E-state index >= 15 is 0 Å². The Morgan fingerprint density at radius 3 is 2.48 bits per heavy atom. The smallest absolute Gasteiger partial charge is 0.387 e. The van der Waals surface area contributed by atoms with E-state index in [-0.39, 0.29) is 18.0 Å². The highest BCUT2D eigenvalue weighted by molar-refractivity contribution is 7.50. The van der Waals surface area contributed by atoms with Crippen LogP contribution in [0, 0.1) is 17.8 Å². The summed E-state index contributed by atoms with van der Waals surface area (Å²) < 4.78 is 25.6. The van der Waals surface area contributed by atoms with Crippen LogP contribution in [0.2, 0.25) is 0 Å². The minimum absolute atomic E-state index is 0.184. The molecular weight excluding hydrogens is 451 g/mol. The fraction of sp³-hybridized carbons (Fsp3) is 0.750. The Labute approximate surface area is 190 Å². The molecule has 5 fully saturated rings. The van der Waals surface area contributed by atoms with Crippen LogP contribution in [-0.4, -0.2) is 65.1 Å². The maximum atomic E-state index is 12.9. The number of nitrogens with zero attached hydrogens (tertiary/aromatic N) is 4. The van der Waals surface area contributed by atoms with Crippen LogP contribution in [0.15, 0.2) is 12.7 Å². The van der Waals surface area contributed by atoms with Gasteiger partial charge in [-0.1, -0.05) is 0 Å². The predicted molar refractivity (Wildman–Crippen MR) is 115 cm³/mol. The normalized spacial score (nSPS) is 41.6. The first-order valence-electron chi connectivity index (χ1n) is 11.4. The van der Waals surface area contributed by atoms with Crippen LogP contribution >= 0.6 is 7.75 Å². The fourth-order valence-corrected chi connectivity index (χ4v) is 8.19. The third kappa shape index (κ3) is 3.78. The van der Waals surface area contributed by atoms with Crippen molar-refractivity contribution in [2.75, 3.05) is 12.3 Å². The molecule has 0 aromatic carbocycles. The average molecular weight is 480 g/mol. The van der Waals surface area contributed by atoms with E-state index < -0.39 is 32.3 Å². The number of nitrogens with one attached hydrogen (secondary N) is 1. The molecule has 12 nitrogen and oxygen atoms in total. The van der Waals surface area contributed by atoms with Gasteiger partial charge < -0.3 is 25.6 Å². The number of aliphatic hydroxyl groups is 2. The number of aliphatic hydroxyl groups excluding tert-OH is 2. The summed E-state index contributed by atoms with van der Waals surface area (Å²) in [6.45, 7) is -0.356. The van der Waals surface area contributed by atoms with Crippen molar-refractivity contribution in [3.63, 3.8) is 0 Å². The molecule has 180 valence electrons. The average Bonchev–Trinajstić information content (AvgIpc) is 3.27. The number of fused-ring (bicyclic) bond motifs is 1. The highest BCUT2D eigenvalue weighted by atomic mass is 31.2. The van der Waals surface area contributed by atoms with Crippen molar-refractivity contribution in [1.82, 2.24) is 24.6 Å². The summed E-state index contributed by atoms with van der Waals surface area (Å²) in [7, 11) is -4.14. The summed E-state index contributed by atoms with van der Waals surface area (Å²) in [4.78, 5) is 22.7. The number of aromatic nitrogens is 4. The van der Waals surface area contributed by atoms with Crippen LogP contribution in [0.3, 0.4) is 0 Å². The molecule has 4 aliphatic carbocycles. The van der Waals surface area contributed by atoms with Crippen molar-refractivity contribution in [2.24, 2.45) is 17.8 Å². The second-order valence-corrected chi connectivity index (χ2v) is 11.8. The van der Waals surface area contributed by atoms with E-state index in [0.29, 0.717) is 28.9 Å². The quantitative estimate of drug-likeness (QED) is 0.368. The van der Waals surface area contributed by atoms with Crippen LogP contribution in [-0.2, 0) is 13.8 Å². The number of ether oxygens (including phenoxy) is 1. The number of hydrogen-bond donors (Lipinski definition) is 5. The number of nitrogen functional groups attached to an aromatic ring is 1. The zero-order valence-electron chi connectivity index (χ0n) is 18.0. The second-order valence-electron chi connectivity index (χ2n) is 10.3. The van der Waals surface area contributed by atoms with Gasteiger partial charge >= 0.3 is 7.75 Å². The molecule has 33 heavy (non-hydrogen) atoms. The number of rotatable bonds is 6. The molecule has 13 heteroatoms. The van der Waals surface area contributed by atoms with Gasteiger partial charge in [-0.3, -0.25) is 9.09 Å². The molecule has 7 rings (SSSR count). The van der Waals surface area contributed by atoms with Crippen molar-refractivity contribution < 1.29 is 28.9 Å². The van der Waals surface area contributed by atoms with Gasteiger partial charge in [0.25, 0.3) is 0 Å². The molecule has 0 amide bonds. The lowest BCUT2D eigenvalue weighted by molar-refractivity contribution is -0.0504. The van der Waals surface area contributed by atoms with Crippen LogP contribution in [0.1, 0.15) is 44.8 Å². The molecule has 0 radical (unpaired) electrons. The summed E-state index contributed by atoms with van der Waals surface area (Å²) in [5.74, 6) is 2.02. The van der Waals surface area contributed by atoms with Crippen LogP contribution in [0.25, 0.3) is 11.2 Å². The minimum atomic E-state index is -4.14. The van der Waals surface area contributed by atoms with Gasteiger partial charge in [0.1, 0.15) is 30.2 Å². The van der Waals surface area contributed by atoms with Gasteiger partial charge in [-0.15, -0.1) is 0 Å². The number of imidazole rings is 1. The van der Waals surface area contributed by atoms with Gasteiger partial charge in [-0.25, -0.2) is 24.6 Å². The Kier molecular flexibility index (Phi) is 5.08. The zero-order valence-corrected chi connectivity index (χ0v) is 18.9. The van der Waals surface area contributed by atoms with Gasteiger partial charge in [0, 0.05) is 5.54 Å². The highest BCUT2D eigenvalue weighted by Gasteiger charge is 2.53. The SMILES string of the molecule is Nc1ncnc2c1ncn2[C@@H]1O[C@H](COP(=O)(O)NC23CC4CC(CC(C4)C2)C3)[C@@H](O)[C@H]1O. The van der Waals surface area contributed by atoms with Crippen molar-refractivity contribution >= 4 is 24.7 Å². The van der Waals surface area contributed by atoms with Crippen molar-refractivity contribution in [2.45, 2.75) is 68.6 Å². The molecule has 5 aliphatic rings. The third-order valence-electron chi connectivity index (χ3n) is 7.83.